The molecule has 1 aromatic carbocycles. The maximum absolute atomic E-state index is 13.6. The second-order valence-electron chi connectivity index (χ2n) is 6.96. The second-order valence-corrected chi connectivity index (χ2v) is 6.96. The minimum atomic E-state index is -0.226. The third-order valence-electron chi connectivity index (χ3n) is 4.92. The Balaban J connectivity index is 1.45. The number of carbonyl (C=O) groups excluding carboxylic acids is 2. The van der Waals surface area contributed by atoms with Crippen LogP contribution in [0.2, 0.25) is 0 Å². The van der Waals surface area contributed by atoms with Crippen LogP contribution in [0.3, 0.4) is 0 Å². The van der Waals surface area contributed by atoms with E-state index < -0.39 is 0 Å². The normalized spacial score (nSPS) is 22.1. The number of anilines is 1. The van der Waals surface area contributed by atoms with Crippen molar-refractivity contribution in [2.24, 2.45) is 0 Å². The molecule has 3 amide bonds. The zero-order chi connectivity index (χ0) is 18.0. The number of halogens is 1. The number of aryl methyl sites for hydroxylation is 1. The number of benzene rings is 1. The Morgan fingerprint density at radius 1 is 1.40 bits per heavy atom. The molecular formula is C18H25FN4O2. The topological polar surface area (TPSA) is 73.5 Å². The summed E-state index contributed by atoms with van der Waals surface area (Å²) in [6.45, 7) is 5.08. The summed E-state index contributed by atoms with van der Waals surface area (Å²) in [5.74, 6) is -0.151. The van der Waals surface area contributed by atoms with Gasteiger partial charge in [0.25, 0.3) is 0 Å². The van der Waals surface area contributed by atoms with Gasteiger partial charge in [0.05, 0.1) is 0 Å². The molecule has 2 heterocycles. The smallest absolute Gasteiger partial charge is 0.315 e. The Morgan fingerprint density at radius 3 is 2.96 bits per heavy atom. The first-order chi connectivity index (χ1) is 11.9. The van der Waals surface area contributed by atoms with E-state index >= 15 is 0 Å². The van der Waals surface area contributed by atoms with Crippen LogP contribution in [0.4, 0.5) is 14.9 Å². The molecule has 25 heavy (non-hydrogen) atoms. The van der Waals surface area contributed by atoms with E-state index in [9.17, 15) is 14.0 Å². The molecular weight excluding hydrogens is 323 g/mol. The van der Waals surface area contributed by atoms with E-state index in [0.29, 0.717) is 25.1 Å². The number of nitrogens with one attached hydrogen (secondary N) is 3. The molecule has 7 heteroatoms. The van der Waals surface area contributed by atoms with Gasteiger partial charge < -0.3 is 20.9 Å². The summed E-state index contributed by atoms with van der Waals surface area (Å²) in [5, 5.41) is 9.13. The van der Waals surface area contributed by atoms with Crippen LogP contribution in [-0.2, 0) is 11.2 Å². The van der Waals surface area contributed by atoms with Gasteiger partial charge in [-0.05, 0) is 49.4 Å². The SMILES string of the molecule is CC(=O)N1CCCC(NC(=O)NCC2Cc3cc(F)c(C)cc3N2)C1. The van der Waals surface area contributed by atoms with Gasteiger partial charge in [0.15, 0.2) is 0 Å². The fourth-order valence-corrected chi connectivity index (χ4v) is 3.52. The standard InChI is InChI=1S/C18H25FN4O2/c1-11-6-17-13(8-16(11)19)7-15(21-17)9-20-18(25)22-14-4-3-5-23(10-14)12(2)24/h6,8,14-15,21H,3-5,7,9-10H2,1-2H3,(H2,20,22,25). The Morgan fingerprint density at radius 2 is 2.20 bits per heavy atom. The summed E-state index contributed by atoms with van der Waals surface area (Å²) < 4.78 is 13.6. The van der Waals surface area contributed by atoms with Gasteiger partial charge in [-0.1, -0.05) is 0 Å². The molecule has 0 aromatic heterocycles. The molecule has 1 fully saturated rings. The molecule has 1 aromatic rings. The number of rotatable bonds is 3. The van der Waals surface area contributed by atoms with Crippen molar-refractivity contribution in [2.45, 2.75) is 45.2 Å². The zero-order valence-electron chi connectivity index (χ0n) is 14.7. The van der Waals surface area contributed by atoms with E-state index in [0.717, 1.165) is 30.6 Å². The van der Waals surface area contributed by atoms with Crippen LogP contribution < -0.4 is 16.0 Å². The molecule has 0 spiro atoms. The monoisotopic (exact) mass is 348 g/mol. The van der Waals surface area contributed by atoms with Crippen molar-refractivity contribution in [2.75, 3.05) is 25.0 Å². The Bertz CT molecular complexity index is 648. The van der Waals surface area contributed by atoms with Gasteiger partial charge in [0.1, 0.15) is 5.82 Å². The highest BCUT2D eigenvalue weighted by Gasteiger charge is 2.25. The maximum atomic E-state index is 13.6. The lowest BCUT2D eigenvalue weighted by Gasteiger charge is -2.32. The van der Waals surface area contributed by atoms with Crippen LogP contribution in [-0.4, -0.2) is 48.6 Å². The van der Waals surface area contributed by atoms with Crippen molar-refractivity contribution in [3.05, 3.63) is 29.1 Å². The van der Waals surface area contributed by atoms with Gasteiger partial charge in [0.2, 0.25) is 5.91 Å². The number of hydrogen-bond acceptors (Lipinski definition) is 3. The van der Waals surface area contributed by atoms with Gasteiger partial charge in [-0.15, -0.1) is 0 Å². The summed E-state index contributed by atoms with van der Waals surface area (Å²) in [5.41, 5.74) is 2.50. The zero-order valence-corrected chi connectivity index (χ0v) is 14.7. The third kappa shape index (κ3) is 4.21. The molecule has 0 radical (unpaired) electrons. The largest absolute Gasteiger partial charge is 0.380 e. The molecule has 2 unspecified atom stereocenters. The summed E-state index contributed by atoms with van der Waals surface area (Å²) in [4.78, 5) is 25.3. The Kier molecular flexibility index (Phi) is 5.11. The number of likely N-dealkylation sites (tertiary alicyclic amines) is 1. The molecule has 2 aliphatic rings. The molecule has 0 aliphatic carbocycles. The molecule has 0 bridgehead atoms. The van der Waals surface area contributed by atoms with E-state index in [4.69, 9.17) is 0 Å². The van der Waals surface area contributed by atoms with Gasteiger partial charge in [-0.25, -0.2) is 9.18 Å². The lowest BCUT2D eigenvalue weighted by atomic mass is 10.1. The number of hydrogen-bond donors (Lipinski definition) is 3. The van der Waals surface area contributed by atoms with E-state index in [1.807, 2.05) is 6.07 Å². The first kappa shape index (κ1) is 17.5. The summed E-state index contributed by atoms with van der Waals surface area (Å²) in [6.07, 6.45) is 2.46. The summed E-state index contributed by atoms with van der Waals surface area (Å²) in [7, 11) is 0. The Labute approximate surface area is 147 Å². The van der Waals surface area contributed by atoms with E-state index in [1.165, 1.54) is 0 Å². The predicted octanol–water partition coefficient (Wildman–Crippen LogP) is 1.78. The fourth-order valence-electron chi connectivity index (χ4n) is 3.52. The van der Waals surface area contributed by atoms with Crippen molar-refractivity contribution in [3.63, 3.8) is 0 Å². The van der Waals surface area contributed by atoms with Crippen molar-refractivity contribution in [1.82, 2.24) is 15.5 Å². The van der Waals surface area contributed by atoms with Crippen molar-refractivity contribution >= 4 is 17.6 Å². The average Bonchev–Trinajstić information content (AvgIpc) is 2.95. The van der Waals surface area contributed by atoms with Crippen LogP contribution in [0.15, 0.2) is 12.1 Å². The number of carbonyl (C=O) groups is 2. The summed E-state index contributed by atoms with van der Waals surface area (Å²) >= 11 is 0. The highest BCUT2D eigenvalue weighted by molar-refractivity contribution is 5.75. The van der Waals surface area contributed by atoms with Crippen molar-refractivity contribution < 1.29 is 14.0 Å². The molecule has 6 nitrogen and oxygen atoms in total. The van der Waals surface area contributed by atoms with Crippen LogP contribution >= 0.6 is 0 Å². The van der Waals surface area contributed by atoms with E-state index in [1.54, 1.807) is 24.8 Å². The number of urea groups is 1. The van der Waals surface area contributed by atoms with Crippen LogP contribution in [0.25, 0.3) is 0 Å². The first-order valence-electron chi connectivity index (χ1n) is 8.78. The number of piperidine rings is 1. The molecule has 3 N–H and O–H groups in total. The number of fused-ring (bicyclic) bond motifs is 1. The van der Waals surface area contributed by atoms with Crippen LogP contribution in [0.1, 0.15) is 30.9 Å². The molecule has 136 valence electrons. The predicted molar refractivity (Wildman–Crippen MR) is 94.1 cm³/mol. The van der Waals surface area contributed by atoms with E-state index in [2.05, 4.69) is 16.0 Å². The van der Waals surface area contributed by atoms with Crippen LogP contribution in [0, 0.1) is 12.7 Å². The molecule has 2 aliphatic heterocycles. The highest BCUT2D eigenvalue weighted by Crippen LogP contribution is 2.28. The first-order valence-corrected chi connectivity index (χ1v) is 8.78. The minimum absolute atomic E-state index is 0.0110. The van der Waals surface area contributed by atoms with Gasteiger partial charge >= 0.3 is 6.03 Å². The lowest BCUT2D eigenvalue weighted by molar-refractivity contribution is -0.130. The molecule has 0 saturated carbocycles. The van der Waals surface area contributed by atoms with Gasteiger partial charge in [0, 0.05) is 44.3 Å². The quantitative estimate of drug-likeness (QED) is 0.780. The van der Waals surface area contributed by atoms with Gasteiger partial charge in [-0.3, -0.25) is 4.79 Å². The summed E-state index contributed by atoms with van der Waals surface area (Å²) in [6, 6.07) is 3.19. The highest BCUT2D eigenvalue weighted by atomic mass is 19.1. The van der Waals surface area contributed by atoms with Crippen molar-refractivity contribution in [1.29, 1.82) is 0 Å². The van der Waals surface area contributed by atoms with Gasteiger partial charge in [-0.2, -0.15) is 0 Å². The number of nitrogens with zero attached hydrogens (tertiary/aromatic N) is 1. The molecule has 1 saturated heterocycles. The van der Waals surface area contributed by atoms with Crippen LogP contribution in [0.5, 0.6) is 0 Å². The third-order valence-corrected chi connectivity index (χ3v) is 4.92. The lowest BCUT2D eigenvalue weighted by Crippen LogP contribution is -2.52. The average molecular weight is 348 g/mol. The molecule has 3 rings (SSSR count). The fraction of sp³-hybridized carbons (Fsp3) is 0.556. The maximum Gasteiger partial charge on any atom is 0.315 e. The molecule has 2 atom stereocenters. The second kappa shape index (κ2) is 7.29. The number of amides is 3. The Hall–Kier alpha value is -2.31. The minimum Gasteiger partial charge on any atom is -0.380 e. The van der Waals surface area contributed by atoms with E-state index in [-0.39, 0.29) is 29.8 Å². The van der Waals surface area contributed by atoms with Crippen molar-refractivity contribution in [3.8, 4) is 0 Å².